The second-order valence-electron chi connectivity index (χ2n) is 5.00. The Morgan fingerprint density at radius 3 is 2.70 bits per heavy atom. The molecule has 0 fully saturated rings. The molecule has 5 heteroatoms. The lowest BCUT2D eigenvalue weighted by Gasteiger charge is -2.26. The van der Waals surface area contributed by atoms with Crippen LogP contribution in [0.25, 0.3) is 0 Å². The number of hydrogen-bond donors (Lipinski definition) is 2. The summed E-state index contributed by atoms with van der Waals surface area (Å²) in [6, 6.07) is 7.44. The molecule has 0 amide bonds. The number of aryl methyl sites for hydroxylation is 1. The second-order valence-corrected chi connectivity index (χ2v) is 5.85. The minimum Gasteiger partial charge on any atom is -0.399 e. The van der Waals surface area contributed by atoms with Crippen molar-refractivity contribution in [1.29, 1.82) is 0 Å². The van der Waals surface area contributed by atoms with Gasteiger partial charge in [0.1, 0.15) is 17.2 Å². The minimum absolute atomic E-state index is 0.131. The van der Waals surface area contributed by atoms with Crippen LogP contribution in [-0.2, 0) is 12.0 Å². The van der Waals surface area contributed by atoms with Gasteiger partial charge < -0.3 is 10.8 Å². The lowest BCUT2D eigenvalue weighted by Crippen LogP contribution is -2.27. The summed E-state index contributed by atoms with van der Waals surface area (Å²) in [5.74, 6) is -1.52. The molecule has 0 saturated carbocycles. The zero-order valence-electron chi connectivity index (χ0n) is 10.5. The maximum atomic E-state index is 14.3. The van der Waals surface area contributed by atoms with Crippen molar-refractivity contribution in [1.82, 2.24) is 0 Å². The van der Waals surface area contributed by atoms with E-state index in [1.807, 2.05) is 0 Å². The van der Waals surface area contributed by atoms with Gasteiger partial charge in [-0.15, -0.1) is 0 Å². The smallest absolute Gasteiger partial charge is 0.146 e. The molecule has 3 N–H and O–H groups in total. The largest absolute Gasteiger partial charge is 0.399 e. The van der Waals surface area contributed by atoms with Crippen molar-refractivity contribution in [2.24, 2.45) is 0 Å². The van der Waals surface area contributed by atoms with Crippen molar-refractivity contribution in [3.05, 3.63) is 63.1 Å². The molecule has 0 heterocycles. The highest BCUT2D eigenvalue weighted by Gasteiger charge is 2.42. The SMILES string of the molecule is Nc1ccc2c(c1)CCC2(O)c1c(F)ccc(Br)c1F. The molecule has 0 saturated heterocycles. The number of anilines is 1. The molecule has 1 aliphatic carbocycles. The topological polar surface area (TPSA) is 46.2 Å². The summed E-state index contributed by atoms with van der Waals surface area (Å²) in [7, 11) is 0. The van der Waals surface area contributed by atoms with Crippen LogP contribution >= 0.6 is 15.9 Å². The first kappa shape index (κ1) is 13.5. The fourth-order valence-corrected chi connectivity index (χ4v) is 3.17. The van der Waals surface area contributed by atoms with Crippen molar-refractivity contribution in [3.8, 4) is 0 Å². The van der Waals surface area contributed by atoms with E-state index >= 15 is 0 Å². The van der Waals surface area contributed by atoms with E-state index in [1.54, 1.807) is 18.2 Å². The Morgan fingerprint density at radius 2 is 1.95 bits per heavy atom. The van der Waals surface area contributed by atoms with Gasteiger partial charge in [-0.05, 0) is 64.2 Å². The van der Waals surface area contributed by atoms with Gasteiger partial charge in [-0.3, -0.25) is 0 Å². The molecule has 104 valence electrons. The number of rotatable bonds is 1. The number of fused-ring (bicyclic) bond motifs is 1. The van der Waals surface area contributed by atoms with Gasteiger partial charge in [-0.25, -0.2) is 8.78 Å². The van der Waals surface area contributed by atoms with Crippen molar-refractivity contribution < 1.29 is 13.9 Å². The van der Waals surface area contributed by atoms with Crippen molar-refractivity contribution in [2.75, 3.05) is 5.73 Å². The Morgan fingerprint density at radius 1 is 1.20 bits per heavy atom. The van der Waals surface area contributed by atoms with E-state index in [2.05, 4.69) is 15.9 Å². The highest BCUT2D eigenvalue weighted by atomic mass is 79.9. The number of nitrogens with two attached hydrogens (primary N) is 1. The quantitative estimate of drug-likeness (QED) is 0.617. The Labute approximate surface area is 123 Å². The summed E-state index contributed by atoms with van der Waals surface area (Å²) in [6.45, 7) is 0. The van der Waals surface area contributed by atoms with Crippen LogP contribution in [0.4, 0.5) is 14.5 Å². The lowest BCUT2D eigenvalue weighted by molar-refractivity contribution is 0.0744. The zero-order chi connectivity index (χ0) is 14.5. The molecule has 1 aliphatic rings. The fourth-order valence-electron chi connectivity index (χ4n) is 2.84. The van der Waals surface area contributed by atoms with Crippen molar-refractivity contribution in [2.45, 2.75) is 18.4 Å². The van der Waals surface area contributed by atoms with Gasteiger partial charge >= 0.3 is 0 Å². The number of benzene rings is 2. The first-order valence-electron chi connectivity index (χ1n) is 6.19. The molecule has 1 atom stereocenters. The maximum absolute atomic E-state index is 14.3. The predicted octanol–water partition coefficient (Wildman–Crippen LogP) is 3.49. The Bertz CT molecular complexity index is 705. The predicted molar refractivity (Wildman–Crippen MR) is 76.2 cm³/mol. The van der Waals surface area contributed by atoms with E-state index in [-0.39, 0.29) is 16.5 Å². The molecule has 3 rings (SSSR count). The lowest BCUT2D eigenvalue weighted by atomic mass is 9.87. The molecular formula is C15H12BrF2NO. The van der Waals surface area contributed by atoms with E-state index in [0.717, 1.165) is 11.6 Å². The molecule has 2 nitrogen and oxygen atoms in total. The number of hydrogen-bond acceptors (Lipinski definition) is 2. The number of nitrogen functional groups attached to an aromatic ring is 1. The summed E-state index contributed by atoms with van der Waals surface area (Å²) in [4.78, 5) is 0. The standard InChI is InChI=1S/C15H12BrF2NO/c16-11-3-4-12(17)13(14(11)18)15(20)6-5-8-7-9(19)1-2-10(8)15/h1-4,7,20H,5-6,19H2. The van der Waals surface area contributed by atoms with Crippen molar-refractivity contribution in [3.63, 3.8) is 0 Å². The first-order chi connectivity index (χ1) is 9.43. The van der Waals surface area contributed by atoms with Crippen LogP contribution in [0.2, 0.25) is 0 Å². The van der Waals surface area contributed by atoms with Crippen LogP contribution in [0.3, 0.4) is 0 Å². The monoisotopic (exact) mass is 339 g/mol. The Balaban J connectivity index is 2.25. The molecule has 0 spiro atoms. The Kier molecular flexibility index (Phi) is 3.06. The third-order valence-electron chi connectivity index (χ3n) is 3.79. The van der Waals surface area contributed by atoms with Gasteiger partial charge in [0.05, 0.1) is 10.0 Å². The van der Waals surface area contributed by atoms with Crippen LogP contribution in [-0.4, -0.2) is 5.11 Å². The van der Waals surface area contributed by atoms with Crippen molar-refractivity contribution >= 4 is 21.6 Å². The third-order valence-corrected chi connectivity index (χ3v) is 4.40. The van der Waals surface area contributed by atoms with Crippen LogP contribution < -0.4 is 5.73 Å². The molecule has 0 radical (unpaired) electrons. The molecule has 20 heavy (non-hydrogen) atoms. The molecule has 2 aromatic carbocycles. The number of halogens is 3. The molecular weight excluding hydrogens is 328 g/mol. The first-order valence-corrected chi connectivity index (χ1v) is 6.98. The van der Waals surface area contributed by atoms with Gasteiger partial charge in [-0.2, -0.15) is 0 Å². The molecule has 0 aromatic heterocycles. The fraction of sp³-hybridized carbons (Fsp3) is 0.200. The average molecular weight is 340 g/mol. The zero-order valence-corrected chi connectivity index (χ0v) is 12.0. The van der Waals surface area contributed by atoms with Crippen LogP contribution in [0.15, 0.2) is 34.8 Å². The highest BCUT2D eigenvalue weighted by Crippen LogP contribution is 2.45. The van der Waals surface area contributed by atoms with E-state index in [9.17, 15) is 13.9 Å². The van der Waals surface area contributed by atoms with Gasteiger partial charge in [0.25, 0.3) is 0 Å². The average Bonchev–Trinajstić information content (AvgIpc) is 2.72. The summed E-state index contributed by atoms with van der Waals surface area (Å²) < 4.78 is 28.4. The summed E-state index contributed by atoms with van der Waals surface area (Å²) >= 11 is 3.03. The van der Waals surface area contributed by atoms with Gasteiger partial charge in [0.15, 0.2) is 0 Å². The van der Waals surface area contributed by atoms with Crippen LogP contribution in [0.1, 0.15) is 23.1 Å². The third kappa shape index (κ3) is 1.84. The second kappa shape index (κ2) is 4.53. The van der Waals surface area contributed by atoms with E-state index < -0.39 is 17.2 Å². The van der Waals surface area contributed by atoms with Gasteiger partial charge in [0.2, 0.25) is 0 Å². The molecule has 1 unspecified atom stereocenters. The summed E-state index contributed by atoms with van der Waals surface area (Å²) in [5, 5.41) is 10.9. The minimum atomic E-state index is -1.65. The van der Waals surface area contributed by atoms with E-state index in [1.165, 1.54) is 6.07 Å². The van der Waals surface area contributed by atoms with E-state index in [4.69, 9.17) is 5.73 Å². The highest BCUT2D eigenvalue weighted by molar-refractivity contribution is 9.10. The van der Waals surface area contributed by atoms with Gasteiger partial charge in [0, 0.05) is 5.69 Å². The van der Waals surface area contributed by atoms with Crippen LogP contribution in [0.5, 0.6) is 0 Å². The number of aliphatic hydroxyl groups is 1. The normalized spacial score (nSPS) is 21.0. The Hall–Kier alpha value is -1.46. The molecule has 0 aliphatic heterocycles. The summed E-state index contributed by atoms with van der Waals surface area (Å²) in [6.07, 6.45) is 0.762. The van der Waals surface area contributed by atoms with Gasteiger partial charge in [-0.1, -0.05) is 6.07 Å². The molecule has 0 bridgehead atoms. The maximum Gasteiger partial charge on any atom is 0.146 e. The van der Waals surface area contributed by atoms with Crippen LogP contribution in [0, 0.1) is 11.6 Å². The summed E-state index contributed by atoms with van der Waals surface area (Å²) in [5.41, 5.74) is 5.66. The molecule has 2 aromatic rings. The van der Waals surface area contributed by atoms with E-state index in [0.29, 0.717) is 17.7 Å².